The summed E-state index contributed by atoms with van der Waals surface area (Å²) in [5.41, 5.74) is 0.435. The predicted molar refractivity (Wildman–Crippen MR) is 87.6 cm³/mol. The van der Waals surface area contributed by atoms with Crippen molar-refractivity contribution >= 4 is 23.3 Å². The van der Waals surface area contributed by atoms with Crippen molar-refractivity contribution in [3.05, 3.63) is 75.4 Å². The van der Waals surface area contributed by atoms with Crippen LogP contribution >= 0.6 is 11.6 Å². The molecule has 0 spiro atoms. The summed E-state index contributed by atoms with van der Waals surface area (Å²) >= 11 is 5.84. The van der Waals surface area contributed by atoms with Gasteiger partial charge in [0.1, 0.15) is 11.3 Å². The molecule has 2 aromatic carbocycles. The highest BCUT2D eigenvalue weighted by molar-refractivity contribution is 6.30. The van der Waals surface area contributed by atoms with E-state index in [2.05, 4.69) is 5.10 Å². The van der Waals surface area contributed by atoms with Gasteiger partial charge in [-0.15, -0.1) is 0 Å². The molecule has 0 saturated heterocycles. The lowest BCUT2D eigenvalue weighted by molar-refractivity contribution is -0.384. The largest absolute Gasteiger partial charge is 0.478 e. The zero-order valence-corrected chi connectivity index (χ0v) is 12.8. The van der Waals surface area contributed by atoms with E-state index in [1.807, 2.05) is 0 Å². The molecule has 0 saturated carbocycles. The molecular formula is C16H10ClN3O4. The molecule has 120 valence electrons. The number of carboxylic acids is 1. The lowest BCUT2D eigenvalue weighted by Crippen LogP contribution is -1.99. The van der Waals surface area contributed by atoms with Crippen molar-refractivity contribution < 1.29 is 14.8 Å². The van der Waals surface area contributed by atoms with Gasteiger partial charge in [-0.2, -0.15) is 5.10 Å². The van der Waals surface area contributed by atoms with Gasteiger partial charge in [-0.05, 0) is 30.3 Å². The first-order chi connectivity index (χ1) is 11.5. The van der Waals surface area contributed by atoms with Gasteiger partial charge in [-0.1, -0.05) is 23.7 Å². The number of aromatic carboxylic acids is 1. The molecule has 24 heavy (non-hydrogen) atoms. The minimum atomic E-state index is -1.22. The van der Waals surface area contributed by atoms with Crippen molar-refractivity contribution in [2.75, 3.05) is 0 Å². The first-order valence-corrected chi connectivity index (χ1v) is 7.18. The lowest BCUT2D eigenvalue weighted by Gasteiger charge is -2.02. The Balaban J connectivity index is 2.20. The molecule has 0 amide bonds. The Morgan fingerprint density at radius 2 is 1.83 bits per heavy atom. The highest BCUT2D eigenvalue weighted by Gasteiger charge is 2.24. The number of aromatic nitrogens is 2. The molecule has 3 rings (SSSR count). The molecule has 3 aromatic rings. The van der Waals surface area contributed by atoms with Gasteiger partial charge in [0.25, 0.3) is 5.69 Å². The van der Waals surface area contributed by atoms with Crippen LogP contribution in [0.3, 0.4) is 0 Å². The molecule has 0 unspecified atom stereocenters. The van der Waals surface area contributed by atoms with Crippen LogP contribution in [0.5, 0.6) is 0 Å². The topological polar surface area (TPSA) is 98.3 Å². The summed E-state index contributed by atoms with van der Waals surface area (Å²) in [5, 5.41) is 25.4. The Kier molecular flexibility index (Phi) is 4.01. The molecule has 0 aliphatic rings. The minimum absolute atomic E-state index is 0.0322. The number of carboxylic acid groups (broad SMARTS) is 1. The van der Waals surface area contributed by atoms with E-state index in [1.54, 1.807) is 30.3 Å². The maximum absolute atomic E-state index is 11.5. The van der Waals surface area contributed by atoms with Gasteiger partial charge in [0.2, 0.25) is 0 Å². The summed E-state index contributed by atoms with van der Waals surface area (Å²) in [6, 6.07) is 12.5. The number of nitro benzene ring substituents is 1. The summed E-state index contributed by atoms with van der Waals surface area (Å²) < 4.78 is 1.35. The highest BCUT2D eigenvalue weighted by Crippen LogP contribution is 2.31. The molecular weight excluding hydrogens is 334 g/mol. The number of hydrogen-bond donors (Lipinski definition) is 1. The predicted octanol–water partition coefficient (Wildman–Crippen LogP) is 3.80. The molecule has 0 aliphatic carbocycles. The molecule has 0 radical (unpaired) electrons. The fraction of sp³-hybridized carbons (Fsp3) is 0. The molecule has 0 bridgehead atoms. The molecule has 0 fully saturated rings. The molecule has 7 nitrogen and oxygen atoms in total. The number of halogens is 1. The van der Waals surface area contributed by atoms with Gasteiger partial charge in [0.15, 0.2) is 0 Å². The summed E-state index contributed by atoms with van der Waals surface area (Å²) in [6.45, 7) is 0. The maximum atomic E-state index is 11.5. The summed E-state index contributed by atoms with van der Waals surface area (Å²) in [5.74, 6) is -1.22. The second-order valence-corrected chi connectivity index (χ2v) is 5.33. The third-order valence-corrected chi connectivity index (χ3v) is 3.64. The van der Waals surface area contributed by atoms with E-state index in [0.29, 0.717) is 10.7 Å². The number of hydrogen-bond acceptors (Lipinski definition) is 4. The molecule has 0 aliphatic heterocycles. The Bertz CT molecular complexity index is 935. The summed E-state index contributed by atoms with van der Waals surface area (Å²) in [6.07, 6.45) is 1.32. The summed E-state index contributed by atoms with van der Waals surface area (Å²) in [7, 11) is 0. The van der Waals surface area contributed by atoms with Crippen molar-refractivity contribution in [1.82, 2.24) is 9.78 Å². The fourth-order valence-corrected chi connectivity index (χ4v) is 2.41. The fourth-order valence-electron chi connectivity index (χ4n) is 2.29. The quantitative estimate of drug-likeness (QED) is 0.574. The van der Waals surface area contributed by atoms with Crippen molar-refractivity contribution in [2.24, 2.45) is 0 Å². The van der Waals surface area contributed by atoms with E-state index >= 15 is 0 Å². The third kappa shape index (κ3) is 2.84. The van der Waals surface area contributed by atoms with Gasteiger partial charge < -0.3 is 5.11 Å². The standard InChI is InChI=1S/C16H10ClN3O4/c17-10-5-7-11(8-6-10)19-9-13(16(21)22)15(18-19)12-3-1-2-4-14(12)20(23)24/h1-9H,(H,21,22). The molecule has 1 N–H and O–H groups in total. The second kappa shape index (κ2) is 6.13. The van der Waals surface area contributed by atoms with Gasteiger partial charge in [0, 0.05) is 17.3 Å². The lowest BCUT2D eigenvalue weighted by atomic mass is 10.1. The van der Waals surface area contributed by atoms with Gasteiger partial charge >= 0.3 is 5.97 Å². The van der Waals surface area contributed by atoms with E-state index in [-0.39, 0.29) is 22.5 Å². The second-order valence-electron chi connectivity index (χ2n) is 4.89. The average Bonchev–Trinajstić information content (AvgIpc) is 3.01. The zero-order valence-electron chi connectivity index (χ0n) is 12.1. The average molecular weight is 344 g/mol. The Labute approximate surface area is 140 Å². The Hall–Kier alpha value is -3.19. The minimum Gasteiger partial charge on any atom is -0.478 e. The van der Waals surface area contributed by atoms with Crippen molar-refractivity contribution in [3.8, 4) is 16.9 Å². The number of carbonyl (C=O) groups is 1. The molecule has 0 atom stereocenters. The zero-order chi connectivity index (χ0) is 17.3. The van der Waals surface area contributed by atoms with Crippen LogP contribution in [0.15, 0.2) is 54.7 Å². The van der Waals surface area contributed by atoms with E-state index in [1.165, 1.54) is 29.1 Å². The van der Waals surface area contributed by atoms with Gasteiger partial charge in [-0.25, -0.2) is 9.48 Å². The number of nitrogens with zero attached hydrogens (tertiary/aromatic N) is 3. The number of nitro groups is 1. The van der Waals surface area contributed by atoms with E-state index in [4.69, 9.17) is 11.6 Å². The van der Waals surface area contributed by atoms with Crippen molar-refractivity contribution in [2.45, 2.75) is 0 Å². The van der Waals surface area contributed by atoms with Gasteiger partial charge in [-0.3, -0.25) is 10.1 Å². The molecule has 1 heterocycles. The monoisotopic (exact) mass is 343 g/mol. The van der Waals surface area contributed by atoms with E-state index in [0.717, 1.165) is 0 Å². The molecule has 8 heteroatoms. The van der Waals surface area contributed by atoms with Crippen molar-refractivity contribution in [1.29, 1.82) is 0 Å². The van der Waals surface area contributed by atoms with Crippen LogP contribution < -0.4 is 0 Å². The van der Waals surface area contributed by atoms with Crippen LogP contribution in [-0.4, -0.2) is 25.8 Å². The Morgan fingerprint density at radius 3 is 2.46 bits per heavy atom. The smallest absolute Gasteiger partial charge is 0.339 e. The third-order valence-electron chi connectivity index (χ3n) is 3.39. The van der Waals surface area contributed by atoms with Crippen molar-refractivity contribution in [3.63, 3.8) is 0 Å². The summed E-state index contributed by atoms with van der Waals surface area (Å²) in [4.78, 5) is 22.2. The van der Waals surface area contributed by atoms with Crippen LogP contribution in [0, 0.1) is 10.1 Å². The normalized spacial score (nSPS) is 10.5. The Morgan fingerprint density at radius 1 is 1.17 bits per heavy atom. The number of para-hydroxylation sites is 1. The number of rotatable bonds is 4. The molecule has 1 aromatic heterocycles. The van der Waals surface area contributed by atoms with E-state index in [9.17, 15) is 20.0 Å². The highest BCUT2D eigenvalue weighted by atomic mass is 35.5. The van der Waals surface area contributed by atoms with Gasteiger partial charge in [0.05, 0.1) is 16.2 Å². The van der Waals surface area contributed by atoms with Crippen LogP contribution in [0.4, 0.5) is 5.69 Å². The van der Waals surface area contributed by atoms with Crippen LogP contribution in [0.2, 0.25) is 5.02 Å². The number of benzene rings is 2. The van der Waals surface area contributed by atoms with Crippen LogP contribution in [0.1, 0.15) is 10.4 Å². The first-order valence-electron chi connectivity index (χ1n) is 6.80. The first kappa shape index (κ1) is 15.7. The SMILES string of the molecule is O=C(O)c1cn(-c2ccc(Cl)cc2)nc1-c1ccccc1[N+](=O)[O-]. The van der Waals surface area contributed by atoms with Crippen LogP contribution in [-0.2, 0) is 0 Å². The maximum Gasteiger partial charge on any atom is 0.339 e. The van der Waals surface area contributed by atoms with Crippen LogP contribution in [0.25, 0.3) is 16.9 Å². The van der Waals surface area contributed by atoms with E-state index < -0.39 is 10.9 Å².